The molecule has 0 radical (unpaired) electrons. The molecule has 9 aromatic rings. The maximum atomic E-state index is 5.21. The minimum atomic E-state index is 0.902. The summed E-state index contributed by atoms with van der Waals surface area (Å²) in [4.78, 5) is 15.3. The Bertz CT molecular complexity index is 2430. The zero-order valence-corrected chi connectivity index (χ0v) is 30.7. The lowest BCUT2D eigenvalue weighted by molar-refractivity contribution is 1.10. The summed E-state index contributed by atoms with van der Waals surface area (Å²) in [6, 6.07) is 22.9. The first kappa shape index (κ1) is 29.3. The van der Waals surface area contributed by atoms with E-state index in [9.17, 15) is 0 Å². The highest BCUT2D eigenvalue weighted by Gasteiger charge is 2.25. The van der Waals surface area contributed by atoms with Crippen LogP contribution in [0.5, 0.6) is 0 Å². The second-order valence-electron chi connectivity index (χ2n) is 12.5. The Balaban J connectivity index is 1.22. The summed E-state index contributed by atoms with van der Waals surface area (Å²) in [6.07, 6.45) is 0. The standard InChI is InChI=1S/C38H28N4S5/c1-17-7-18(2)10-23(9-17)25-13-27-29(43-25)15-31(45-27)33-35-36(40-22(6)21(5)39-35)34(38-37(33)41-47-42-38)32-16-30-28(46-32)14-26(44-30)24-11-19(3)8-20(4)12-24/h7-16H,1-6H3. The molecule has 0 aliphatic rings. The zero-order valence-electron chi connectivity index (χ0n) is 26.6. The van der Waals surface area contributed by atoms with Gasteiger partial charge in [0.05, 0.1) is 23.1 Å². The number of hydrogen-bond acceptors (Lipinski definition) is 9. The molecule has 47 heavy (non-hydrogen) atoms. The van der Waals surface area contributed by atoms with Crippen molar-refractivity contribution in [2.24, 2.45) is 0 Å². The van der Waals surface area contributed by atoms with Gasteiger partial charge >= 0.3 is 0 Å². The number of benzene rings is 3. The molecule has 6 aromatic heterocycles. The van der Waals surface area contributed by atoms with Crippen LogP contribution in [-0.2, 0) is 0 Å². The first-order valence-electron chi connectivity index (χ1n) is 15.4. The van der Waals surface area contributed by atoms with Crippen molar-refractivity contribution in [2.75, 3.05) is 0 Å². The minimum absolute atomic E-state index is 0.902. The molecule has 0 bridgehead atoms. The molecule has 6 heterocycles. The quantitative estimate of drug-likeness (QED) is 0.183. The van der Waals surface area contributed by atoms with Crippen LogP contribution in [0.1, 0.15) is 33.6 Å². The SMILES string of the molecule is Cc1cc(C)cc(-c2cc3sc(-c4c5nsnc5c(-c5cc6sc(-c7cc(C)cc(C)c7)cc6s5)c5nc(C)c(C)nc45)cc3s2)c1. The van der Waals surface area contributed by atoms with Crippen LogP contribution in [-0.4, -0.2) is 18.7 Å². The number of hydrogen-bond donors (Lipinski definition) is 0. The summed E-state index contributed by atoms with van der Waals surface area (Å²) in [5.74, 6) is 0. The van der Waals surface area contributed by atoms with Crippen molar-refractivity contribution in [2.45, 2.75) is 41.5 Å². The topological polar surface area (TPSA) is 51.6 Å². The van der Waals surface area contributed by atoms with Crippen molar-refractivity contribution in [1.82, 2.24) is 18.7 Å². The first-order chi connectivity index (χ1) is 22.7. The third kappa shape index (κ3) is 4.86. The molecule has 0 aliphatic carbocycles. The Morgan fingerprint density at radius 3 is 1.11 bits per heavy atom. The van der Waals surface area contributed by atoms with Crippen molar-refractivity contribution >= 4 is 97.9 Å². The van der Waals surface area contributed by atoms with Gasteiger partial charge in [-0.2, -0.15) is 8.75 Å². The number of nitrogens with zero attached hydrogens (tertiary/aromatic N) is 4. The van der Waals surface area contributed by atoms with Crippen molar-refractivity contribution in [3.8, 4) is 41.8 Å². The molecule has 3 aromatic carbocycles. The van der Waals surface area contributed by atoms with Crippen molar-refractivity contribution in [1.29, 1.82) is 0 Å². The van der Waals surface area contributed by atoms with E-state index < -0.39 is 0 Å². The summed E-state index contributed by atoms with van der Waals surface area (Å²) < 4.78 is 14.9. The third-order valence-corrected chi connectivity index (χ3v) is 13.9. The number of aromatic nitrogens is 4. The number of fused-ring (bicyclic) bond motifs is 4. The maximum absolute atomic E-state index is 5.21. The highest BCUT2D eigenvalue weighted by atomic mass is 32.1. The van der Waals surface area contributed by atoms with Crippen LogP contribution in [0.4, 0.5) is 0 Å². The lowest BCUT2D eigenvalue weighted by atomic mass is 10.0. The Labute approximate surface area is 292 Å². The molecule has 0 aliphatic heterocycles. The van der Waals surface area contributed by atoms with Gasteiger partial charge in [-0.1, -0.05) is 58.7 Å². The molecular weight excluding hydrogens is 673 g/mol. The molecule has 0 fully saturated rings. The smallest absolute Gasteiger partial charge is 0.116 e. The summed E-state index contributed by atoms with van der Waals surface area (Å²) in [6.45, 7) is 12.8. The van der Waals surface area contributed by atoms with E-state index in [1.165, 1.54) is 73.7 Å². The Morgan fingerprint density at radius 2 is 0.723 bits per heavy atom. The van der Waals surface area contributed by atoms with Crippen LogP contribution in [0.15, 0.2) is 60.7 Å². The number of thiophene rings is 4. The average Bonchev–Trinajstić information content (AvgIpc) is 3.82. The predicted octanol–water partition coefficient (Wildman–Crippen LogP) is 12.7. The number of aryl methyl sites for hydroxylation is 6. The average molecular weight is 701 g/mol. The van der Waals surface area contributed by atoms with Crippen LogP contribution in [0.3, 0.4) is 0 Å². The van der Waals surface area contributed by atoms with E-state index in [-0.39, 0.29) is 0 Å². The summed E-state index contributed by atoms with van der Waals surface area (Å²) >= 11 is 8.59. The van der Waals surface area contributed by atoms with E-state index in [2.05, 4.69) is 88.4 Å². The predicted molar refractivity (Wildman–Crippen MR) is 207 cm³/mol. The fourth-order valence-corrected chi connectivity index (χ4v) is 12.0. The van der Waals surface area contributed by atoms with Gasteiger partial charge in [0.15, 0.2) is 0 Å². The Kier molecular flexibility index (Phi) is 6.75. The molecule has 0 unspecified atom stereocenters. The van der Waals surface area contributed by atoms with Gasteiger partial charge in [0.25, 0.3) is 0 Å². The molecule has 0 saturated heterocycles. The Morgan fingerprint density at radius 1 is 0.383 bits per heavy atom. The van der Waals surface area contributed by atoms with Gasteiger partial charge in [-0.15, -0.1) is 45.3 Å². The maximum Gasteiger partial charge on any atom is 0.116 e. The monoisotopic (exact) mass is 700 g/mol. The summed E-state index contributed by atoms with van der Waals surface area (Å²) in [5.41, 5.74) is 15.3. The molecule has 0 N–H and O–H groups in total. The minimum Gasteiger partial charge on any atom is -0.249 e. The molecule has 0 amide bonds. The zero-order chi connectivity index (χ0) is 32.1. The highest BCUT2D eigenvalue weighted by Crippen LogP contribution is 2.50. The molecule has 9 heteroatoms. The molecule has 9 rings (SSSR count). The van der Waals surface area contributed by atoms with E-state index in [4.69, 9.17) is 18.7 Å². The van der Waals surface area contributed by atoms with Crippen molar-refractivity contribution in [3.63, 3.8) is 0 Å². The van der Waals surface area contributed by atoms with Gasteiger partial charge in [0.2, 0.25) is 0 Å². The van der Waals surface area contributed by atoms with E-state index in [0.29, 0.717) is 0 Å². The van der Waals surface area contributed by atoms with Gasteiger partial charge in [-0.05, 0) is 76.9 Å². The number of rotatable bonds is 4. The van der Waals surface area contributed by atoms with Gasteiger partial charge < -0.3 is 0 Å². The molecule has 0 spiro atoms. The highest BCUT2D eigenvalue weighted by molar-refractivity contribution is 7.31. The van der Waals surface area contributed by atoms with E-state index in [1.54, 1.807) is 0 Å². The van der Waals surface area contributed by atoms with Crippen molar-refractivity contribution in [3.05, 3.63) is 94.3 Å². The van der Waals surface area contributed by atoms with Gasteiger partial charge in [0.1, 0.15) is 22.1 Å². The Hall–Kier alpha value is -3.86. The van der Waals surface area contributed by atoms with Crippen LogP contribution in [0.25, 0.3) is 82.6 Å². The third-order valence-electron chi connectivity index (χ3n) is 8.66. The van der Waals surface area contributed by atoms with Crippen LogP contribution in [0, 0.1) is 41.5 Å². The second-order valence-corrected chi connectivity index (χ2v) is 17.3. The van der Waals surface area contributed by atoms with Gasteiger partial charge in [0, 0.05) is 49.4 Å². The van der Waals surface area contributed by atoms with Crippen LogP contribution < -0.4 is 0 Å². The molecule has 4 nitrogen and oxygen atoms in total. The van der Waals surface area contributed by atoms with Crippen LogP contribution in [0.2, 0.25) is 0 Å². The fraction of sp³-hybridized carbons (Fsp3) is 0.158. The molecule has 230 valence electrons. The van der Waals surface area contributed by atoms with E-state index in [1.807, 2.05) is 59.2 Å². The summed E-state index contributed by atoms with van der Waals surface area (Å²) in [5, 5.41) is 0. The molecule has 0 atom stereocenters. The van der Waals surface area contributed by atoms with E-state index >= 15 is 0 Å². The van der Waals surface area contributed by atoms with Gasteiger partial charge in [-0.25, -0.2) is 9.97 Å². The molecular formula is C38H28N4S5. The lowest BCUT2D eigenvalue weighted by Gasteiger charge is -2.12. The van der Waals surface area contributed by atoms with Gasteiger partial charge in [-0.3, -0.25) is 0 Å². The lowest BCUT2D eigenvalue weighted by Crippen LogP contribution is -1.98. The first-order valence-corrected chi connectivity index (χ1v) is 19.4. The normalized spacial score (nSPS) is 12.0. The second kappa shape index (κ2) is 10.8. The molecule has 0 saturated carbocycles. The van der Waals surface area contributed by atoms with Crippen molar-refractivity contribution < 1.29 is 0 Å². The van der Waals surface area contributed by atoms with E-state index in [0.717, 1.165) is 54.3 Å². The fourth-order valence-electron chi connectivity index (χ4n) is 6.60. The summed E-state index contributed by atoms with van der Waals surface area (Å²) in [7, 11) is 0. The van der Waals surface area contributed by atoms with Crippen LogP contribution >= 0.6 is 57.1 Å². The largest absolute Gasteiger partial charge is 0.249 e.